The van der Waals surface area contributed by atoms with E-state index < -0.39 is 0 Å². The summed E-state index contributed by atoms with van der Waals surface area (Å²) < 4.78 is 5.44. The van der Waals surface area contributed by atoms with E-state index in [0.29, 0.717) is 17.7 Å². The van der Waals surface area contributed by atoms with Gasteiger partial charge in [-0.3, -0.25) is 0 Å². The van der Waals surface area contributed by atoms with E-state index in [1.807, 2.05) is 18.2 Å². The molecule has 1 heterocycles. The van der Waals surface area contributed by atoms with Crippen molar-refractivity contribution >= 4 is 0 Å². The molecule has 0 unspecified atom stereocenters. The minimum atomic E-state index is 0.452. The van der Waals surface area contributed by atoms with Crippen molar-refractivity contribution in [1.82, 2.24) is 10.2 Å². The van der Waals surface area contributed by atoms with Gasteiger partial charge in [0.2, 0.25) is 11.8 Å². The molecular weight excluding hydrogens is 188 g/mol. The van der Waals surface area contributed by atoms with E-state index in [1.165, 1.54) is 5.56 Å². The summed E-state index contributed by atoms with van der Waals surface area (Å²) in [5, 5.41) is 7.89. The molecule has 0 fully saturated rings. The average molecular weight is 202 g/mol. The van der Waals surface area contributed by atoms with Gasteiger partial charge in [-0.2, -0.15) is 0 Å². The number of hydrogen-bond donors (Lipinski definition) is 0. The summed E-state index contributed by atoms with van der Waals surface area (Å²) in [5.41, 5.74) is 2.27. The quantitative estimate of drug-likeness (QED) is 0.750. The molecule has 0 N–H and O–H groups in total. The van der Waals surface area contributed by atoms with Crippen molar-refractivity contribution in [3.05, 3.63) is 35.7 Å². The van der Waals surface area contributed by atoms with Crippen LogP contribution < -0.4 is 0 Å². The predicted molar refractivity (Wildman–Crippen MR) is 58.6 cm³/mol. The lowest BCUT2D eigenvalue weighted by atomic mass is 9.97. The molecule has 3 nitrogen and oxygen atoms in total. The van der Waals surface area contributed by atoms with Crippen LogP contribution in [0.5, 0.6) is 0 Å². The zero-order chi connectivity index (χ0) is 10.8. The Kier molecular flexibility index (Phi) is 2.54. The van der Waals surface area contributed by atoms with Gasteiger partial charge in [-0.05, 0) is 17.5 Å². The molecule has 0 bridgehead atoms. The van der Waals surface area contributed by atoms with Crippen LogP contribution in [0.1, 0.15) is 31.2 Å². The van der Waals surface area contributed by atoms with Gasteiger partial charge >= 0.3 is 0 Å². The van der Waals surface area contributed by atoms with Crippen molar-refractivity contribution in [3.63, 3.8) is 0 Å². The highest BCUT2D eigenvalue weighted by molar-refractivity contribution is 5.59. The van der Waals surface area contributed by atoms with Gasteiger partial charge in [-0.25, -0.2) is 0 Å². The molecule has 0 saturated heterocycles. The van der Waals surface area contributed by atoms with E-state index in [4.69, 9.17) is 4.42 Å². The molecule has 0 spiro atoms. The molecule has 15 heavy (non-hydrogen) atoms. The van der Waals surface area contributed by atoms with E-state index in [2.05, 4.69) is 30.1 Å². The normalized spacial score (nSPS) is 10.9. The van der Waals surface area contributed by atoms with Gasteiger partial charge in [0.05, 0.1) is 0 Å². The van der Waals surface area contributed by atoms with Crippen LogP contribution in [-0.4, -0.2) is 10.2 Å². The third-order valence-electron chi connectivity index (χ3n) is 2.34. The summed E-state index contributed by atoms with van der Waals surface area (Å²) in [6.07, 6.45) is 0. The first-order chi connectivity index (χ1) is 7.18. The SMILES string of the molecule is Cc1nnc(-c2ccccc2C(C)C)o1. The van der Waals surface area contributed by atoms with Gasteiger partial charge in [0.1, 0.15) is 0 Å². The molecule has 1 aromatic carbocycles. The molecule has 78 valence electrons. The third kappa shape index (κ3) is 1.91. The van der Waals surface area contributed by atoms with E-state index in [1.54, 1.807) is 6.92 Å². The molecule has 2 aromatic rings. The largest absolute Gasteiger partial charge is 0.421 e. The number of rotatable bonds is 2. The summed E-state index contributed by atoms with van der Waals surface area (Å²) in [4.78, 5) is 0. The van der Waals surface area contributed by atoms with Crippen LogP contribution in [0.2, 0.25) is 0 Å². The summed E-state index contributed by atoms with van der Waals surface area (Å²) in [7, 11) is 0. The average Bonchev–Trinajstić information content (AvgIpc) is 2.65. The van der Waals surface area contributed by atoms with E-state index in [9.17, 15) is 0 Å². The van der Waals surface area contributed by atoms with Gasteiger partial charge in [0.25, 0.3) is 0 Å². The van der Waals surface area contributed by atoms with Crippen LogP contribution in [0.25, 0.3) is 11.5 Å². The second-order valence-electron chi connectivity index (χ2n) is 3.87. The number of nitrogens with zero attached hydrogens (tertiary/aromatic N) is 2. The highest BCUT2D eigenvalue weighted by Gasteiger charge is 2.12. The molecule has 2 rings (SSSR count). The first-order valence-corrected chi connectivity index (χ1v) is 5.08. The predicted octanol–water partition coefficient (Wildman–Crippen LogP) is 3.17. The Morgan fingerprint density at radius 2 is 1.87 bits per heavy atom. The van der Waals surface area contributed by atoms with Crippen LogP contribution in [0.15, 0.2) is 28.7 Å². The lowest BCUT2D eigenvalue weighted by Crippen LogP contribution is -1.91. The van der Waals surface area contributed by atoms with Crippen molar-refractivity contribution in [2.45, 2.75) is 26.7 Å². The van der Waals surface area contributed by atoms with E-state index >= 15 is 0 Å². The number of hydrogen-bond acceptors (Lipinski definition) is 3. The fourth-order valence-corrected chi connectivity index (χ4v) is 1.60. The van der Waals surface area contributed by atoms with Gasteiger partial charge in [-0.1, -0.05) is 32.0 Å². The second kappa shape index (κ2) is 3.85. The standard InChI is InChI=1S/C12H14N2O/c1-8(2)10-6-4-5-7-11(10)12-14-13-9(3)15-12/h4-8H,1-3H3. The fraction of sp³-hybridized carbons (Fsp3) is 0.333. The Morgan fingerprint density at radius 3 is 2.47 bits per heavy atom. The molecular formula is C12H14N2O. The van der Waals surface area contributed by atoms with Crippen molar-refractivity contribution in [3.8, 4) is 11.5 Å². The van der Waals surface area contributed by atoms with Gasteiger partial charge in [0, 0.05) is 12.5 Å². The van der Waals surface area contributed by atoms with Crippen LogP contribution in [0.4, 0.5) is 0 Å². The Hall–Kier alpha value is -1.64. The van der Waals surface area contributed by atoms with Crippen molar-refractivity contribution < 1.29 is 4.42 Å². The minimum absolute atomic E-state index is 0.452. The maximum atomic E-state index is 5.44. The summed E-state index contributed by atoms with van der Waals surface area (Å²) in [6, 6.07) is 8.13. The first kappa shape index (κ1) is 9.90. The lowest BCUT2D eigenvalue weighted by Gasteiger charge is -2.08. The van der Waals surface area contributed by atoms with E-state index in [0.717, 1.165) is 5.56 Å². The molecule has 0 amide bonds. The van der Waals surface area contributed by atoms with Crippen LogP contribution in [0, 0.1) is 6.92 Å². The van der Waals surface area contributed by atoms with Crippen molar-refractivity contribution in [2.75, 3.05) is 0 Å². The van der Waals surface area contributed by atoms with Crippen molar-refractivity contribution in [1.29, 1.82) is 0 Å². The maximum absolute atomic E-state index is 5.44. The summed E-state index contributed by atoms with van der Waals surface area (Å²) >= 11 is 0. The van der Waals surface area contributed by atoms with Crippen LogP contribution >= 0.6 is 0 Å². The molecule has 0 aliphatic heterocycles. The molecule has 0 atom stereocenters. The highest BCUT2D eigenvalue weighted by Crippen LogP contribution is 2.27. The molecule has 1 aromatic heterocycles. The van der Waals surface area contributed by atoms with Crippen LogP contribution in [0.3, 0.4) is 0 Å². The maximum Gasteiger partial charge on any atom is 0.248 e. The zero-order valence-electron chi connectivity index (χ0n) is 9.19. The van der Waals surface area contributed by atoms with Crippen LogP contribution in [-0.2, 0) is 0 Å². The Balaban J connectivity index is 2.52. The molecule has 3 heteroatoms. The minimum Gasteiger partial charge on any atom is -0.421 e. The summed E-state index contributed by atoms with van der Waals surface area (Å²) in [5.74, 6) is 1.66. The van der Waals surface area contributed by atoms with Gasteiger partial charge in [0.15, 0.2) is 0 Å². The highest BCUT2D eigenvalue weighted by atomic mass is 16.4. The number of benzene rings is 1. The smallest absolute Gasteiger partial charge is 0.248 e. The van der Waals surface area contributed by atoms with E-state index in [-0.39, 0.29) is 0 Å². The number of aromatic nitrogens is 2. The Bertz CT molecular complexity index is 460. The van der Waals surface area contributed by atoms with Gasteiger partial charge < -0.3 is 4.42 Å². The Morgan fingerprint density at radius 1 is 1.13 bits per heavy atom. The molecule has 0 saturated carbocycles. The lowest BCUT2D eigenvalue weighted by molar-refractivity contribution is 0.532. The second-order valence-corrected chi connectivity index (χ2v) is 3.87. The zero-order valence-corrected chi connectivity index (χ0v) is 9.19. The monoisotopic (exact) mass is 202 g/mol. The summed E-state index contributed by atoms with van der Waals surface area (Å²) in [6.45, 7) is 6.11. The van der Waals surface area contributed by atoms with Gasteiger partial charge in [-0.15, -0.1) is 10.2 Å². The molecule has 0 aliphatic carbocycles. The molecule has 0 aliphatic rings. The topological polar surface area (TPSA) is 38.9 Å². The first-order valence-electron chi connectivity index (χ1n) is 5.08. The third-order valence-corrected chi connectivity index (χ3v) is 2.34. The Labute approximate surface area is 89.2 Å². The fourth-order valence-electron chi connectivity index (χ4n) is 1.60. The van der Waals surface area contributed by atoms with Crippen molar-refractivity contribution in [2.24, 2.45) is 0 Å². The molecule has 0 radical (unpaired) electrons. The number of aryl methyl sites for hydroxylation is 1.